The molecule has 7 heteroatoms. The number of halogens is 1. The van der Waals surface area contributed by atoms with E-state index in [-0.39, 0.29) is 17.2 Å². The number of hydrogen-bond acceptors (Lipinski definition) is 5. The first-order valence-electron chi connectivity index (χ1n) is 6.96. The van der Waals surface area contributed by atoms with Crippen LogP contribution in [0.25, 0.3) is 0 Å². The summed E-state index contributed by atoms with van der Waals surface area (Å²) < 4.78 is 0. The number of hydrogen-bond donors (Lipinski definition) is 2. The summed E-state index contributed by atoms with van der Waals surface area (Å²) in [6.45, 7) is 0. The van der Waals surface area contributed by atoms with E-state index in [1.54, 1.807) is 60.7 Å². The molecule has 0 aliphatic heterocycles. The van der Waals surface area contributed by atoms with Gasteiger partial charge < -0.3 is 10.6 Å². The minimum absolute atomic E-state index is 0.180. The summed E-state index contributed by atoms with van der Waals surface area (Å²) >= 11 is 5.80. The maximum absolute atomic E-state index is 12.3. The third-order valence-electron chi connectivity index (χ3n) is 3.08. The van der Waals surface area contributed by atoms with E-state index >= 15 is 0 Å². The van der Waals surface area contributed by atoms with Gasteiger partial charge in [-0.05, 0) is 42.5 Å². The lowest BCUT2D eigenvalue weighted by molar-refractivity contribution is 0.102. The number of carbonyl (C=O) groups is 1. The van der Waals surface area contributed by atoms with E-state index in [9.17, 15) is 4.79 Å². The number of nitrogens with zero attached hydrogens (tertiary/aromatic N) is 3. The molecule has 0 spiro atoms. The van der Waals surface area contributed by atoms with Crippen molar-refractivity contribution < 1.29 is 4.79 Å². The Morgan fingerprint density at radius 1 is 0.880 bits per heavy atom. The molecule has 2 N–H and O–H groups in total. The average molecular weight is 348 g/mol. The molecule has 0 radical (unpaired) electrons. The minimum Gasteiger partial charge on any atom is -0.345 e. The molecule has 6 nitrogen and oxygen atoms in total. The van der Waals surface area contributed by atoms with Crippen molar-refractivity contribution in [3.05, 3.63) is 70.4 Å². The number of rotatable bonds is 4. The molecule has 0 saturated heterocycles. The molecule has 25 heavy (non-hydrogen) atoms. The first-order valence-corrected chi connectivity index (χ1v) is 7.33. The zero-order valence-corrected chi connectivity index (χ0v) is 13.5. The van der Waals surface area contributed by atoms with Gasteiger partial charge in [0.05, 0.1) is 0 Å². The monoisotopic (exact) mass is 347 g/mol. The quantitative estimate of drug-likeness (QED) is 0.816. The fourth-order valence-corrected chi connectivity index (χ4v) is 2.03. The van der Waals surface area contributed by atoms with Crippen molar-refractivity contribution >= 4 is 28.9 Å². The molecular formula is C18H10ClN5O. The number of nitrogens with one attached hydrogen (secondary N) is 2. The predicted octanol–water partition coefficient (Wildman–Crippen LogP) is 3.83. The normalized spacial score (nSPS) is 9.04. The van der Waals surface area contributed by atoms with E-state index in [1.165, 1.54) is 6.07 Å². The molecule has 0 heterocycles. The highest BCUT2D eigenvalue weighted by Gasteiger charge is 2.10. The predicted molar refractivity (Wildman–Crippen MR) is 93.3 cm³/mol. The summed E-state index contributed by atoms with van der Waals surface area (Å²) in [5.41, 5.74) is 0.816. The van der Waals surface area contributed by atoms with Gasteiger partial charge >= 0.3 is 0 Å². The summed E-state index contributed by atoms with van der Waals surface area (Å²) in [6, 6.07) is 18.0. The topological polar surface area (TPSA) is 112 Å². The highest BCUT2D eigenvalue weighted by atomic mass is 35.5. The average Bonchev–Trinajstić information content (AvgIpc) is 2.64. The molecule has 120 valence electrons. The summed E-state index contributed by atoms with van der Waals surface area (Å²) in [5, 5.41) is 32.7. The van der Waals surface area contributed by atoms with Crippen molar-refractivity contribution in [1.82, 2.24) is 0 Å². The van der Waals surface area contributed by atoms with Gasteiger partial charge in [-0.25, -0.2) is 0 Å². The van der Waals surface area contributed by atoms with Crippen molar-refractivity contribution in [1.29, 1.82) is 15.8 Å². The van der Waals surface area contributed by atoms with Gasteiger partial charge in [-0.3, -0.25) is 4.79 Å². The molecule has 0 aromatic heterocycles. The summed E-state index contributed by atoms with van der Waals surface area (Å²) in [7, 11) is 0. The van der Waals surface area contributed by atoms with E-state index in [1.807, 2.05) is 0 Å². The number of benzene rings is 2. The van der Waals surface area contributed by atoms with Gasteiger partial charge in [0, 0.05) is 22.0 Å². The van der Waals surface area contributed by atoms with Crippen LogP contribution in [0.1, 0.15) is 10.4 Å². The summed E-state index contributed by atoms with van der Waals surface area (Å²) in [4.78, 5) is 12.3. The Morgan fingerprint density at radius 2 is 1.56 bits per heavy atom. The second-order valence-corrected chi connectivity index (χ2v) is 5.19. The fourth-order valence-electron chi connectivity index (χ4n) is 1.90. The van der Waals surface area contributed by atoms with Crippen LogP contribution in [-0.2, 0) is 0 Å². The van der Waals surface area contributed by atoms with E-state index < -0.39 is 0 Å². The van der Waals surface area contributed by atoms with Crippen molar-refractivity contribution in [3.8, 4) is 18.2 Å². The lowest BCUT2D eigenvalue weighted by Gasteiger charge is -2.08. The third kappa shape index (κ3) is 4.59. The Kier molecular flexibility index (Phi) is 5.74. The van der Waals surface area contributed by atoms with Crippen LogP contribution in [0.3, 0.4) is 0 Å². The van der Waals surface area contributed by atoms with Crippen LogP contribution >= 0.6 is 11.6 Å². The Hall–Kier alpha value is -3.79. The van der Waals surface area contributed by atoms with Crippen molar-refractivity contribution in [2.24, 2.45) is 0 Å². The Bertz CT molecular complexity index is 943. The highest BCUT2D eigenvalue weighted by molar-refractivity contribution is 6.30. The van der Waals surface area contributed by atoms with Gasteiger partial charge in [0.25, 0.3) is 5.91 Å². The number of allylic oxidation sites excluding steroid dienone is 2. The summed E-state index contributed by atoms with van der Waals surface area (Å²) in [6.07, 6.45) is 0. The largest absolute Gasteiger partial charge is 0.345 e. The van der Waals surface area contributed by atoms with Crippen molar-refractivity contribution in [2.75, 3.05) is 10.6 Å². The molecule has 0 saturated carbocycles. The molecule has 0 unspecified atom stereocenters. The molecular weight excluding hydrogens is 338 g/mol. The Labute approximate surface area is 149 Å². The zero-order valence-electron chi connectivity index (χ0n) is 12.7. The standard InChI is InChI=1S/C18H10ClN5O/c19-14-4-6-15(7-5-14)24-18(25)12-2-1-3-16(8-12)23-17(11-22)13(9-20)10-21/h1-8,23H,(H,24,25). The molecule has 2 aromatic rings. The number of nitriles is 3. The lowest BCUT2D eigenvalue weighted by Crippen LogP contribution is -2.12. The maximum Gasteiger partial charge on any atom is 0.255 e. The van der Waals surface area contributed by atoms with Crippen LogP contribution in [0, 0.1) is 34.0 Å². The maximum atomic E-state index is 12.3. The minimum atomic E-state index is -0.353. The van der Waals surface area contributed by atoms with Crippen molar-refractivity contribution in [3.63, 3.8) is 0 Å². The molecule has 2 aromatic carbocycles. The fraction of sp³-hybridized carbons (Fsp3) is 0. The molecule has 0 bridgehead atoms. The van der Waals surface area contributed by atoms with Crippen LogP contribution in [0.15, 0.2) is 59.8 Å². The summed E-state index contributed by atoms with van der Waals surface area (Å²) in [5.74, 6) is -0.353. The SMILES string of the molecule is N#CC(C#N)=C(C#N)Nc1cccc(C(=O)Nc2ccc(Cl)cc2)c1. The van der Waals surface area contributed by atoms with E-state index in [0.717, 1.165) is 0 Å². The lowest BCUT2D eigenvalue weighted by atomic mass is 10.1. The van der Waals surface area contributed by atoms with Gasteiger partial charge in [-0.15, -0.1) is 0 Å². The number of amides is 1. The second-order valence-electron chi connectivity index (χ2n) is 4.75. The highest BCUT2D eigenvalue weighted by Crippen LogP contribution is 2.17. The molecule has 2 rings (SSSR count). The zero-order chi connectivity index (χ0) is 18.2. The first kappa shape index (κ1) is 17.6. The third-order valence-corrected chi connectivity index (χ3v) is 3.33. The second kappa shape index (κ2) is 8.17. The van der Waals surface area contributed by atoms with E-state index in [0.29, 0.717) is 22.0 Å². The molecule has 0 fully saturated rings. The first-order chi connectivity index (χ1) is 12.1. The molecule has 0 aliphatic carbocycles. The number of anilines is 2. The van der Waals surface area contributed by atoms with Crippen LogP contribution in [0.4, 0.5) is 11.4 Å². The van der Waals surface area contributed by atoms with Gasteiger partial charge in [0.1, 0.15) is 23.9 Å². The van der Waals surface area contributed by atoms with Crippen LogP contribution in [0.2, 0.25) is 5.02 Å². The Morgan fingerprint density at radius 3 is 2.16 bits per heavy atom. The van der Waals surface area contributed by atoms with Crippen molar-refractivity contribution in [2.45, 2.75) is 0 Å². The number of carbonyl (C=O) groups excluding carboxylic acids is 1. The van der Waals surface area contributed by atoms with Gasteiger partial charge in [-0.2, -0.15) is 15.8 Å². The smallest absolute Gasteiger partial charge is 0.255 e. The Balaban J connectivity index is 2.21. The molecule has 1 amide bonds. The van der Waals surface area contributed by atoms with E-state index in [4.69, 9.17) is 27.4 Å². The molecule has 0 atom stereocenters. The van der Waals surface area contributed by atoms with Gasteiger partial charge in [-0.1, -0.05) is 17.7 Å². The van der Waals surface area contributed by atoms with Crippen LogP contribution < -0.4 is 10.6 Å². The van der Waals surface area contributed by atoms with E-state index in [2.05, 4.69) is 10.6 Å². The van der Waals surface area contributed by atoms with Gasteiger partial charge in [0.15, 0.2) is 5.57 Å². The van der Waals surface area contributed by atoms with Crippen LogP contribution in [-0.4, -0.2) is 5.91 Å². The van der Waals surface area contributed by atoms with Crippen LogP contribution in [0.5, 0.6) is 0 Å². The molecule has 0 aliphatic rings. The van der Waals surface area contributed by atoms with Gasteiger partial charge in [0.2, 0.25) is 0 Å².